The molecule has 1 saturated carbocycles. The number of furan rings is 1. The minimum absolute atomic E-state index is 0.0358. The predicted octanol–water partition coefficient (Wildman–Crippen LogP) is 1.72. The van der Waals surface area contributed by atoms with E-state index in [2.05, 4.69) is 0 Å². The normalized spacial score (nSPS) is 32.7. The lowest BCUT2D eigenvalue weighted by Gasteiger charge is -2.39. The molecule has 3 aliphatic rings. The second kappa shape index (κ2) is 3.85. The number of fused-ring (bicyclic) bond motifs is 2. The van der Waals surface area contributed by atoms with Gasteiger partial charge in [-0.1, -0.05) is 0 Å². The summed E-state index contributed by atoms with van der Waals surface area (Å²) in [7, 11) is 0. The van der Waals surface area contributed by atoms with Crippen LogP contribution in [-0.4, -0.2) is 29.4 Å². The van der Waals surface area contributed by atoms with Crippen LogP contribution in [0.15, 0.2) is 10.5 Å². The van der Waals surface area contributed by atoms with Crippen molar-refractivity contribution in [1.82, 2.24) is 4.90 Å². The highest BCUT2D eigenvalue weighted by Gasteiger charge is 2.51. The van der Waals surface area contributed by atoms with Gasteiger partial charge in [0.15, 0.2) is 5.76 Å². The van der Waals surface area contributed by atoms with Gasteiger partial charge in [-0.15, -0.1) is 0 Å². The number of nitrogens with zero attached hydrogens (tertiary/aromatic N) is 1. The molecule has 4 rings (SSSR count). The van der Waals surface area contributed by atoms with Gasteiger partial charge in [-0.3, -0.25) is 4.79 Å². The quantitative estimate of drug-likeness (QED) is 0.836. The van der Waals surface area contributed by atoms with Gasteiger partial charge in [0.2, 0.25) is 0 Å². The average molecular weight is 260 g/mol. The first-order valence-electron chi connectivity index (χ1n) is 7.35. The van der Waals surface area contributed by atoms with Gasteiger partial charge in [-0.2, -0.15) is 0 Å². The molecule has 2 aliphatic carbocycles. The summed E-state index contributed by atoms with van der Waals surface area (Å²) in [5.41, 5.74) is 7.41. The molecule has 0 bridgehead atoms. The number of aryl methyl sites for hydroxylation is 2. The van der Waals surface area contributed by atoms with Crippen molar-refractivity contribution in [2.45, 2.75) is 44.1 Å². The Morgan fingerprint density at radius 2 is 2.26 bits per heavy atom. The van der Waals surface area contributed by atoms with E-state index in [1.165, 1.54) is 18.4 Å². The second-order valence-electron chi connectivity index (χ2n) is 6.42. The van der Waals surface area contributed by atoms with Crippen LogP contribution in [0.25, 0.3) is 0 Å². The second-order valence-corrected chi connectivity index (χ2v) is 6.42. The SMILES string of the molecule is N[C@]12CC[C@H]1CN(C(=O)c1cc3c(o1)CCCC3)C2. The fourth-order valence-electron chi connectivity index (χ4n) is 3.79. The summed E-state index contributed by atoms with van der Waals surface area (Å²) in [4.78, 5) is 14.4. The lowest BCUT2D eigenvalue weighted by molar-refractivity contribution is 0.0751. The number of likely N-dealkylation sites (tertiary alicyclic amines) is 1. The zero-order valence-corrected chi connectivity index (χ0v) is 11.2. The summed E-state index contributed by atoms with van der Waals surface area (Å²) < 4.78 is 5.77. The van der Waals surface area contributed by atoms with E-state index in [-0.39, 0.29) is 11.4 Å². The molecule has 2 fully saturated rings. The maximum Gasteiger partial charge on any atom is 0.289 e. The number of hydrogen-bond donors (Lipinski definition) is 1. The number of amides is 1. The monoisotopic (exact) mass is 260 g/mol. The van der Waals surface area contributed by atoms with Crippen LogP contribution in [0.4, 0.5) is 0 Å². The fourth-order valence-corrected chi connectivity index (χ4v) is 3.79. The Labute approximate surface area is 112 Å². The van der Waals surface area contributed by atoms with Crippen LogP contribution < -0.4 is 5.73 Å². The van der Waals surface area contributed by atoms with E-state index in [0.29, 0.717) is 18.2 Å². The van der Waals surface area contributed by atoms with Crippen molar-refractivity contribution in [1.29, 1.82) is 0 Å². The first-order chi connectivity index (χ1) is 9.16. The van der Waals surface area contributed by atoms with Crippen LogP contribution in [0.5, 0.6) is 0 Å². The Hall–Kier alpha value is -1.29. The zero-order valence-electron chi connectivity index (χ0n) is 11.2. The topological polar surface area (TPSA) is 59.5 Å². The maximum absolute atomic E-state index is 12.5. The van der Waals surface area contributed by atoms with E-state index in [1.807, 2.05) is 11.0 Å². The third-order valence-corrected chi connectivity index (χ3v) is 5.19. The molecule has 4 nitrogen and oxygen atoms in total. The molecule has 4 heteroatoms. The van der Waals surface area contributed by atoms with Crippen LogP contribution in [0.1, 0.15) is 47.6 Å². The van der Waals surface area contributed by atoms with Crippen molar-refractivity contribution >= 4 is 5.91 Å². The lowest BCUT2D eigenvalue weighted by atomic mass is 9.70. The molecule has 2 N–H and O–H groups in total. The molecule has 102 valence electrons. The Morgan fingerprint density at radius 3 is 2.89 bits per heavy atom. The van der Waals surface area contributed by atoms with E-state index < -0.39 is 0 Å². The zero-order chi connectivity index (χ0) is 13.0. The van der Waals surface area contributed by atoms with Gasteiger partial charge < -0.3 is 15.1 Å². The summed E-state index contributed by atoms with van der Waals surface area (Å²) in [5, 5.41) is 0. The Balaban J connectivity index is 1.56. The molecule has 0 unspecified atom stereocenters. The third-order valence-electron chi connectivity index (χ3n) is 5.19. The lowest BCUT2D eigenvalue weighted by Crippen LogP contribution is -2.54. The number of carbonyl (C=O) groups excluding carboxylic acids is 1. The molecule has 1 saturated heterocycles. The largest absolute Gasteiger partial charge is 0.456 e. The molecule has 1 aromatic rings. The first kappa shape index (κ1) is 11.5. The van der Waals surface area contributed by atoms with E-state index in [1.54, 1.807) is 0 Å². The van der Waals surface area contributed by atoms with Gasteiger partial charge >= 0.3 is 0 Å². The van der Waals surface area contributed by atoms with Crippen LogP contribution in [0, 0.1) is 5.92 Å². The summed E-state index contributed by atoms with van der Waals surface area (Å²) >= 11 is 0. The van der Waals surface area contributed by atoms with E-state index in [9.17, 15) is 4.79 Å². The van der Waals surface area contributed by atoms with Crippen LogP contribution in [0.3, 0.4) is 0 Å². The van der Waals surface area contributed by atoms with Gasteiger partial charge in [0.25, 0.3) is 5.91 Å². The Kier molecular flexibility index (Phi) is 2.34. The van der Waals surface area contributed by atoms with Crippen molar-refractivity contribution in [3.63, 3.8) is 0 Å². The van der Waals surface area contributed by atoms with Crippen LogP contribution >= 0.6 is 0 Å². The highest BCUT2D eigenvalue weighted by molar-refractivity contribution is 5.92. The highest BCUT2D eigenvalue weighted by Crippen LogP contribution is 2.43. The fraction of sp³-hybridized carbons (Fsp3) is 0.667. The molecule has 2 heterocycles. The molecular formula is C15H20N2O2. The Morgan fingerprint density at radius 1 is 1.42 bits per heavy atom. The molecule has 1 aromatic heterocycles. The molecule has 0 radical (unpaired) electrons. The van der Waals surface area contributed by atoms with Crippen molar-refractivity contribution in [2.24, 2.45) is 11.7 Å². The van der Waals surface area contributed by atoms with Gasteiger partial charge in [0.1, 0.15) is 5.76 Å². The standard InChI is InChI=1S/C15H20N2O2/c16-15-6-5-11(15)8-17(9-15)14(18)13-7-10-3-1-2-4-12(10)19-13/h7,11H,1-6,8-9,16H2/t11-,15-/m0/s1. The average Bonchev–Trinajstić information content (AvgIpc) is 2.93. The number of carbonyl (C=O) groups is 1. The number of nitrogens with two attached hydrogens (primary N) is 1. The van der Waals surface area contributed by atoms with Crippen LogP contribution in [0.2, 0.25) is 0 Å². The minimum atomic E-state index is -0.109. The van der Waals surface area contributed by atoms with E-state index in [0.717, 1.165) is 38.0 Å². The number of rotatable bonds is 1. The van der Waals surface area contributed by atoms with Crippen molar-refractivity contribution in [3.05, 3.63) is 23.2 Å². The van der Waals surface area contributed by atoms with Gasteiger partial charge in [-0.05, 0) is 49.7 Å². The molecule has 1 aliphatic heterocycles. The number of hydrogen-bond acceptors (Lipinski definition) is 3. The van der Waals surface area contributed by atoms with Crippen molar-refractivity contribution in [3.8, 4) is 0 Å². The van der Waals surface area contributed by atoms with Gasteiger partial charge in [0.05, 0.1) is 0 Å². The van der Waals surface area contributed by atoms with Gasteiger partial charge in [0, 0.05) is 25.0 Å². The molecule has 2 atom stereocenters. The summed E-state index contributed by atoms with van der Waals surface area (Å²) in [6, 6.07) is 1.96. The Bertz CT molecular complexity index is 513. The first-order valence-corrected chi connectivity index (χ1v) is 7.35. The molecule has 1 amide bonds. The summed E-state index contributed by atoms with van der Waals surface area (Å²) in [6.45, 7) is 1.50. The predicted molar refractivity (Wildman–Crippen MR) is 70.9 cm³/mol. The van der Waals surface area contributed by atoms with Crippen LogP contribution in [-0.2, 0) is 12.8 Å². The maximum atomic E-state index is 12.5. The highest BCUT2D eigenvalue weighted by atomic mass is 16.4. The summed E-state index contributed by atoms with van der Waals surface area (Å²) in [5.74, 6) is 2.09. The van der Waals surface area contributed by atoms with E-state index in [4.69, 9.17) is 10.2 Å². The summed E-state index contributed by atoms with van der Waals surface area (Å²) in [6.07, 6.45) is 6.62. The molecular weight excluding hydrogens is 240 g/mol. The molecule has 0 aromatic carbocycles. The van der Waals surface area contributed by atoms with E-state index >= 15 is 0 Å². The van der Waals surface area contributed by atoms with Crippen molar-refractivity contribution < 1.29 is 9.21 Å². The third kappa shape index (κ3) is 1.66. The van der Waals surface area contributed by atoms with Crippen molar-refractivity contribution in [2.75, 3.05) is 13.1 Å². The molecule has 0 spiro atoms. The smallest absolute Gasteiger partial charge is 0.289 e. The van der Waals surface area contributed by atoms with Gasteiger partial charge in [-0.25, -0.2) is 0 Å². The molecule has 19 heavy (non-hydrogen) atoms. The minimum Gasteiger partial charge on any atom is -0.456 e.